The molecule has 5 N–H and O–H groups in total. The van der Waals surface area contributed by atoms with Crippen LogP contribution in [-0.4, -0.2) is 104 Å². The number of H-pyrrole nitrogens is 4. The zero-order valence-electron chi connectivity index (χ0n) is 44.0. The summed E-state index contributed by atoms with van der Waals surface area (Å²) in [5, 5.41) is 3.00. The van der Waals surface area contributed by atoms with Crippen LogP contribution < -0.4 is 14.8 Å². The van der Waals surface area contributed by atoms with E-state index >= 15 is 0 Å². The molecule has 0 radical (unpaired) electrons. The molecule has 386 valence electrons. The lowest BCUT2D eigenvalue weighted by Crippen LogP contribution is -2.43. The smallest absolute Gasteiger partial charge is 0.311 e. The fraction of sp³-hybridized carbons (Fsp3) is 0.554. The summed E-state index contributed by atoms with van der Waals surface area (Å²) in [7, 11) is 1.33. The molecule has 0 saturated heterocycles. The Balaban J connectivity index is 1.11. The number of hydrogen-bond donors (Lipinski definition) is 5. The highest BCUT2D eigenvalue weighted by Gasteiger charge is 2.48. The molecule has 0 saturated carbocycles. The first-order valence-electron chi connectivity index (χ1n) is 25.1. The van der Waals surface area contributed by atoms with Crippen LogP contribution in [0.2, 0.25) is 0 Å². The molecule has 15 nitrogen and oxygen atoms in total. The summed E-state index contributed by atoms with van der Waals surface area (Å²) in [5.41, 5.74) is 4.19. The van der Waals surface area contributed by atoms with Gasteiger partial charge >= 0.3 is 11.9 Å². The van der Waals surface area contributed by atoms with E-state index in [0.29, 0.717) is 69.9 Å². The molecule has 71 heavy (non-hydrogen) atoms. The molecule has 0 aliphatic carbocycles. The van der Waals surface area contributed by atoms with Crippen molar-refractivity contribution in [2.45, 2.75) is 117 Å². The quantitative estimate of drug-likeness (QED) is 0.0797. The van der Waals surface area contributed by atoms with E-state index < -0.39 is 44.9 Å². The van der Waals surface area contributed by atoms with Crippen LogP contribution in [0.25, 0.3) is 0 Å². The average Bonchev–Trinajstić information content (AvgIpc) is 4.19. The Labute approximate surface area is 419 Å². The van der Waals surface area contributed by atoms with Gasteiger partial charge in [-0.1, -0.05) is 13.8 Å². The second kappa shape index (κ2) is 21.1. The molecule has 3 unspecified atom stereocenters. The molecule has 3 atom stereocenters. The number of aromatic amines is 4. The molecule has 8 bridgehead atoms. The van der Waals surface area contributed by atoms with Crippen LogP contribution in [0.5, 0.6) is 11.5 Å². The molecule has 0 fully saturated rings. The number of anilines is 1. The van der Waals surface area contributed by atoms with Crippen LogP contribution in [-0.2, 0) is 59.7 Å². The molecule has 15 heteroatoms. The van der Waals surface area contributed by atoms with E-state index in [4.69, 9.17) is 33.2 Å². The van der Waals surface area contributed by atoms with Gasteiger partial charge in [-0.25, -0.2) is 0 Å². The lowest BCUT2D eigenvalue weighted by molar-refractivity contribution is -0.164. The summed E-state index contributed by atoms with van der Waals surface area (Å²) >= 11 is 0. The summed E-state index contributed by atoms with van der Waals surface area (Å²) in [6.07, 6.45) is 0.543. The first-order chi connectivity index (χ1) is 33.6. The molecule has 4 aromatic heterocycles. The maximum Gasteiger partial charge on any atom is 0.311 e. The number of fused-ring (bicyclic) bond motifs is 9. The number of esters is 2. The maximum atomic E-state index is 14.7. The summed E-state index contributed by atoms with van der Waals surface area (Å²) in [5.74, 6) is -1.02. The fourth-order valence-corrected chi connectivity index (χ4v) is 10.0. The number of methoxy groups -OCH3 is 1. The van der Waals surface area contributed by atoms with Gasteiger partial charge in [-0.2, -0.15) is 0 Å². The minimum Gasteiger partial charge on any atom is -0.487 e. The van der Waals surface area contributed by atoms with Gasteiger partial charge in [0.25, 0.3) is 0 Å². The summed E-state index contributed by atoms with van der Waals surface area (Å²) in [6, 6.07) is 22.3. The van der Waals surface area contributed by atoms with Gasteiger partial charge in [-0.15, -0.1) is 0 Å². The third-order valence-corrected chi connectivity index (χ3v) is 15.3. The average molecular weight is 980 g/mol. The van der Waals surface area contributed by atoms with E-state index in [1.165, 1.54) is 7.11 Å². The monoisotopic (exact) mass is 980 g/mol. The highest BCUT2D eigenvalue weighted by Crippen LogP contribution is 2.45. The predicted molar refractivity (Wildman–Crippen MR) is 272 cm³/mol. The van der Waals surface area contributed by atoms with E-state index in [0.717, 1.165) is 45.6 Å². The lowest BCUT2D eigenvalue weighted by Gasteiger charge is -2.38. The Morgan fingerprint density at radius 2 is 1.00 bits per heavy atom. The number of rotatable bonds is 11. The zero-order chi connectivity index (χ0) is 51.4. The van der Waals surface area contributed by atoms with Gasteiger partial charge in [0.15, 0.2) is 11.5 Å². The molecule has 5 aromatic rings. The number of carbonyl (C=O) groups is 3. The van der Waals surface area contributed by atoms with E-state index in [1.54, 1.807) is 32.0 Å². The Hall–Kier alpha value is -5.77. The van der Waals surface area contributed by atoms with Crippen molar-refractivity contribution in [1.29, 1.82) is 0 Å². The van der Waals surface area contributed by atoms with Crippen molar-refractivity contribution in [1.82, 2.24) is 19.9 Å². The van der Waals surface area contributed by atoms with Gasteiger partial charge in [-0.3, -0.25) is 14.4 Å². The molecular weight excluding hydrogens is 903 g/mol. The minimum absolute atomic E-state index is 0.00524. The van der Waals surface area contributed by atoms with Crippen molar-refractivity contribution in [2.75, 3.05) is 71.9 Å². The topological polar surface area (TPSA) is 191 Å². The van der Waals surface area contributed by atoms with Gasteiger partial charge in [0, 0.05) is 79.5 Å². The Bertz CT molecular complexity index is 2540. The Kier molecular flexibility index (Phi) is 15.8. The zero-order valence-corrected chi connectivity index (χ0v) is 44.0. The number of benzene rings is 1. The van der Waals surface area contributed by atoms with E-state index in [2.05, 4.69) is 122 Å². The number of carbonyl (C=O) groups excluding carboxylic acids is 3. The molecule has 2 aliphatic heterocycles. The molecular formula is C56H77N5O10. The molecule has 7 rings (SSSR count). The fourth-order valence-electron chi connectivity index (χ4n) is 10.0. The number of amides is 1. The number of aromatic nitrogens is 4. The summed E-state index contributed by atoms with van der Waals surface area (Å²) in [6.45, 7) is 25.6. The third-order valence-electron chi connectivity index (χ3n) is 15.3. The SMILES string of the molecule is CCC(C)(CC(C)(CC(C)C(=O)Nc1ccc2c(c1)OCCOCCOCCOCCO2)C(=O)OC)C(=O)OCC1(C)c2ccc([nH]2)C(C)(C)c2ccc([nH]2)C(C)(C)c2ccc([nH]2)C(C)(C)c2ccc1[nH]2. The largest absolute Gasteiger partial charge is 0.487 e. The van der Waals surface area contributed by atoms with Gasteiger partial charge in [0.05, 0.1) is 63.0 Å². The van der Waals surface area contributed by atoms with E-state index in [-0.39, 0.29) is 37.4 Å². The summed E-state index contributed by atoms with van der Waals surface area (Å²) < 4.78 is 40.6. The van der Waals surface area contributed by atoms with Gasteiger partial charge < -0.3 is 58.4 Å². The molecule has 2 aliphatic rings. The lowest BCUT2D eigenvalue weighted by atomic mass is 9.68. The standard InChI is InChI=1S/C56H77N5O10/c1-13-54(9,34-55(10,49(63)65-12)33-36(2)48(62)57-37-14-15-38-39(32-37)70-31-29-68-27-25-66-24-26-67-28-30-69-38)50(64)71-35-56(11)46-22-20-44(60-46)52(5,6)42-18-16-40(58-42)51(3,4)41-17-19-43(59-41)53(7,8)45-21-23-47(56)61-45/h14-23,32,36,58-61H,13,24-31,33-35H2,1-12H3,(H,57,62). The Morgan fingerprint density at radius 3 is 1.44 bits per heavy atom. The normalized spacial score (nSPS) is 19.9. The first kappa shape index (κ1) is 53.0. The molecule has 0 spiro atoms. The van der Waals surface area contributed by atoms with E-state index in [1.807, 2.05) is 13.8 Å². The first-order valence-corrected chi connectivity index (χ1v) is 25.1. The van der Waals surface area contributed by atoms with Crippen molar-refractivity contribution < 1.29 is 47.5 Å². The van der Waals surface area contributed by atoms with Crippen LogP contribution in [0.4, 0.5) is 5.69 Å². The maximum absolute atomic E-state index is 14.7. The third kappa shape index (κ3) is 11.2. The molecule has 1 aromatic carbocycles. The van der Waals surface area contributed by atoms with Crippen molar-refractivity contribution in [3.05, 3.63) is 112 Å². The van der Waals surface area contributed by atoms with Crippen LogP contribution in [0.1, 0.15) is 141 Å². The van der Waals surface area contributed by atoms with Gasteiger partial charge in [-0.05, 0) is 142 Å². The number of nitrogens with one attached hydrogen (secondary N) is 5. The van der Waals surface area contributed by atoms with Crippen LogP contribution in [0.15, 0.2) is 66.7 Å². The molecule has 6 heterocycles. The van der Waals surface area contributed by atoms with Crippen LogP contribution >= 0.6 is 0 Å². The van der Waals surface area contributed by atoms with Crippen molar-refractivity contribution in [3.63, 3.8) is 0 Å². The minimum atomic E-state index is -1.24. The van der Waals surface area contributed by atoms with Gasteiger partial charge in [0.2, 0.25) is 5.91 Å². The number of ether oxygens (including phenoxy) is 7. The van der Waals surface area contributed by atoms with Crippen molar-refractivity contribution in [2.24, 2.45) is 16.7 Å². The van der Waals surface area contributed by atoms with E-state index in [9.17, 15) is 14.4 Å². The predicted octanol–water partition coefficient (Wildman–Crippen LogP) is 9.61. The number of hydrogen-bond acceptors (Lipinski definition) is 10. The van der Waals surface area contributed by atoms with Crippen molar-refractivity contribution in [3.8, 4) is 11.5 Å². The Morgan fingerprint density at radius 1 is 0.592 bits per heavy atom. The van der Waals surface area contributed by atoms with Crippen LogP contribution in [0.3, 0.4) is 0 Å². The second-order valence-corrected chi connectivity index (χ2v) is 21.9. The van der Waals surface area contributed by atoms with Gasteiger partial charge in [0.1, 0.15) is 19.8 Å². The molecule has 1 amide bonds. The summed E-state index contributed by atoms with van der Waals surface area (Å²) in [4.78, 5) is 57.6. The van der Waals surface area contributed by atoms with Crippen LogP contribution in [0, 0.1) is 16.7 Å². The van der Waals surface area contributed by atoms with Crippen molar-refractivity contribution >= 4 is 23.5 Å². The highest BCUT2D eigenvalue weighted by molar-refractivity contribution is 5.93. The highest BCUT2D eigenvalue weighted by atomic mass is 16.6. The second-order valence-electron chi connectivity index (χ2n) is 21.9.